The fraction of sp³-hybridized carbons (Fsp3) is 0.714. The molecule has 0 N–H and O–H groups in total. The Morgan fingerprint density at radius 3 is 1.16 bits per heavy atom. The van der Waals surface area contributed by atoms with Gasteiger partial charge in [-0.05, 0) is 147 Å². The maximum Gasteiger partial charge on any atom is -0.0129 e. The second-order valence-corrected chi connectivity index (χ2v) is 16.1. The van der Waals surface area contributed by atoms with Gasteiger partial charge in [0.25, 0.3) is 0 Å². The highest BCUT2D eigenvalue weighted by molar-refractivity contribution is 7.73. The SMILES string of the molecule is CCCCc1ccc(P(c2ccc(CCCC)c(CCCC)c2CCCC)C2CCCCC2)c(CCCC)c1CCCC. The average Bonchev–Trinajstić information content (AvgIpc) is 3.04. The molecule has 0 aromatic heterocycles. The summed E-state index contributed by atoms with van der Waals surface area (Å²) >= 11 is 0. The Bertz CT molecular complexity index is 968. The number of hydrogen-bond acceptors (Lipinski definition) is 0. The van der Waals surface area contributed by atoms with Crippen LogP contribution in [0.3, 0.4) is 0 Å². The van der Waals surface area contributed by atoms with Crippen LogP contribution in [0.5, 0.6) is 0 Å². The van der Waals surface area contributed by atoms with Crippen molar-refractivity contribution in [1.29, 1.82) is 0 Å². The molecule has 0 nitrogen and oxygen atoms in total. The first-order chi connectivity index (χ1) is 21.1. The Labute approximate surface area is 270 Å². The molecular weight excluding hydrogens is 535 g/mol. The van der Waals surface area contributed by atoms with Crippen molar-refractivity contribution in [3.8, 4) is 0 Å². The van der Waals surface area contributed by atoms with Crippen LogP contribution in [0.1, 0.15) is 184 Å². The lowest BCUT2D eigenvalue weighted by Crippen LogP contribution is -2.30. The molecule has 3 rings (SSSR count). The van der Waals surface area contributed by atoms with Crippen molar-refractivity contribution in [2.75, 3.05) is 0 Å². The maximum absolute atomic E-state index is 2.70. The zero-order valence-electron chi connectivity index (χ0n) is 29.6. The monoisotopic (exact) mass is 605 g/mol. The van der Waals surface area contributed by atoms with E-state index in [0.717, 1.165) is 5.66 Å². The number of rotatable bonds is 21. The molecule has 0 saturated heterocycles. The molecule has 1 aliphatic rings. The summed E-state index contributed by atoms with van der Waals surface area (Å²) in [4.78, 5) is 0. The molecular formula is C42H69P. The van der Waals surface area contributed by atoms with Gasteiger partial charge in [0, 0.05) is 0 Å². The number of benzene rings is 2. The molecule has 242 valence electrons. The van der Waals surface area contributed by atoms with Gasteiger partial charge in [-0.1, -0.05) is 124 Å². The van der Waals surface area contributed by atoms with E-state index in [-0.39, 0.29) is 7.92 Å². The highest BCUT2D eigenvalue weighted by Gasteiger charge is 2.31. The summed E-state index contributed by atoms with van der Waals surface area (Å²) in [5.74, 6) is 0. The van der Waals surface area contributed by atoms with Crippen LogP contribution in [0.4, 0.5) is 0 Å². The van der Waals surface area contributed by atoms with Crippen molar-refractivity contribution in [3.05, 3.63) is 57.6 Å². The van der Waals surface area contributed by atoms with E-state index >= 15 is 0 Å². The smallest absolute Gasteiger partial charge is 0.0129 e. The van der Waals surface area contributed by atoms with E-state index < -0.39 is 0 Å². The Morgan fingerprint density at radius 2 is 0.791 bits per heavy atom. The summed E-state index contributed by atoms with van der Waals surface area (Å²) in [5.41, 5.74) is 11.4. The Balaban J connectivity index is 2.31. The summed E-state index contributed by atoms with van der Waals surface area (Å²) < 4.78 is 0. The molecule has 0 amide bonds. The van der Waals surface area contributed by atoms with Crippen molar-refractivity contribution in [2.24, 2.45) is 0 Å². The highest BCUT2D eigenvalue weighted by atomic mass is 31.1. The average molecular weight is 605 g/mol. The summed E-state index contributed by atoms with van der Waals surface area (Å²) in [5, 5.41) is 3.62. The first-order valence-electron chi connectivity index (χ1n) is 19.2. The van der Waals surface area contributed by atoms with Crippen LogP contribution in [0.15, 0.2) is 24.3 Å². The van der Waals surface area contributed by atoms with Crippen molar-refractivity contribution < 1.29 is 0 Å². The molecule has 43 heavy (non-hydrogen) atoms. The van der Waals surface area contributed by atoms with E-state index in [1.165, 1.54) is 148 Å². The molecule has 1 aliphatic carbocycles. The van der Waals surface area contributed by atoms with E-state index in [0.29, 0.717) is 0 Å². The highest BCUT2D eigenvalue weighted by Crippen LogP contribution is 2.49. The van der Waals surface area contributed by atoms with Crippen LogP contribution in [0, 0.1) is 0 Å². The summed E-state index contributed by atoms with van der Waals surface area (Å²) in [6, 6.07) is 10.7. The summed E-state index contributed by atoms with van der Waals surface area (Å²) in [6.45, 7) is 14.3. The van der Waals surface area contributed by atoms with Crippen molar-refractivity contribution in [3.63, 3.8) is 0 Å². The Kier molecular flexibility index (Phi) is 17.6. The minimum absolute atomic E-state index is 0.357. The zero-order chi connectivity index (χ0) is 30.9. The lowest BCUT2D eigenvalue weighted by Gasteiger charge is -2.36. The molecule has 2 aromatic rings. The predicted octanol–water partition coefficient (Wildman–Crippen LogP) is 12.5. The summed E-state index contributed by atoms with van der Waals surface area (Å²) in [7, 11) is -0.357. The van der Waals surface area contributed by atoms with E-state index in [4.69, 9.17) is 0 Å². The van der Waals surface area contributed by atoms with Gasteiger partial charge in [0.1, 0.15) is 0 Å². The summed E-state index contributed by atoms with van der Waals surface area (Å²) in [6.07, 6.45) is 30.6. The molecule has 0 radical (unpaired) electrons. The van der Waals surface area contributed by atoms with Gasteiger partial charge < -0.3 is 0 Å². The molecule has 1 heteroatoms. The molecule has 0 spiro atoms. The predicted molar refractivity (Wildman–Crippen MR) is 198 cm³/mol. The molecule has 0 bridgehead atoms. The number of aryl methyl sites for hydroxylation is 2. The Morgan fingerprint density at radius 1 is 0.442 bits per heavy atom. The minimum atomic E-state index is -0.357. The fourth-order valence-corrected chi connectivity index (χ4v) is 11.0. The van der Waals surface area contributed by atoms with E-state index in [1.54, 1.807) is 22.3 Å². The first kappa shape index (κ1) is 36.3. The van der Waals surface area contributed by atoms with Gasteiger partial charge in [-0.25, -0.2) is 0 Å². The topological polar surface area (TPSA) is 0 Å². The van der Waals surface area contributed by atoms with E-state index in [9.17, 15) is 0 Å². The van der Waals surface area contributed by atoms with Gasteiger partial charge in [-0.15, -0.1) is 0 Å². The maximum atomic E-state index is 2.70. The van der Waals surface area contributed by atoms with Crippen LogP contribution in [0.25, 0.3) is 0 Å². The number of unbranched alkanes of at least 4 members (excludes halogenated alkanes) is 6. The third-order valence-corrected chi connectivity index (χ3v) is 13.3. The van der Waals surface area contributed by atoms with Crippen LogP contribution in [-0.4, -0.2) is 5.66 Å². The molecule has 0 heterocycles. The van der Waals surface area contributed by atoms with Gasteiger partial charge in [-0.3, -0.25) is 0 Å². The van der Waals surface area contributed by atoms with Crippen LogP contribution >= 0.6 is 7.92 Å². The molecule has 0 unspecified atom stereocenters. The molecule has 2 aromatic carbocycles. The molecule has 0 aliphatic heterocycles. The lowest BCUT2D eigenvalue weighted by molar-refractivity contribution is 0.513. The van der Waals surface area contributed by atoms with Crippen LogP contribution in [-0.2, 0) is 38.5 Å². The van der Waals surface area contributed by atoms with Gasteiger partial charge in [-0.2, -0.15) is 0 Å². The third kappa shape index (κ3) is 10.5. The van der Waals surface area contributed by atoms with Gasteiger partial charge in [0.2, 0.25) is 0 Å². The second-order valence-electron chi connectivity index (χ2n) is 13.7. The van der Waals surface area contributed by atoms with Gasteiger partial charge in [0.15, 0.2) is 0 Å². The molecule has 1 fully saturated rings. The quantitative estimate of drug-likeness (QED) is 0.124. The second kappa shape index (κ2) is 20.8. The zero-order valence-corrected chi connectivity index (χ0v) is 30.5. The normalized spacial score (nSPS) is 14.2. The molecule has 1 saturated carbocycles. The first-order valence-corrected chi connectivity index (χ1v) is 20.6. The molecule has 0 atom stereocenters. The standard InChI is InChI=1S/C42H69P/c1-7-13-22-34-30-32-41(39(28-17-11-5)37(34)26-15-9-3)43(36-24-20-19-21-25-36)42-33-31-35(23-14-8-2)38(27-16-10-4)40(42)29-18-12-6/h30-33,36H,7-29H2,1-6H3. The van der Waals surface area contributed by atoms with Crippen molar-refractivity contribution in [2.45, 2.75) is 195 Å². The van der Waals surface area contributed by atoms with Crippen LogP contribution in [0.2, 0.25) is 0 Å². The fourth-order valence-electron chi connectivity index (χ4n) is 7.57. The van der Waals surface area contributed by atoms with Gasteiger partial charge >= 0.3 is 0 Å². The third-order valence-electron chi connectivity index (χ3n) is 10.2. The minimum Gasteiger partial charge on any atom is -0.0654 e. The number of hydrogen-bond donors (Lipinski definition) is 0. The lowest BCUT2D eigenvalue weighted by atomic mass is 9.90. The largest absolute Gasteiger partial charge is 0.0654 e. The van der Waals surface area contributed by atoms with E-state index in [2.05, 4.69) is 65.8 Å². The Hall–Kier alpha value is -1.13. The van der Waals surface area contributed by atoms with Crippen LogP contribution < -0.4 is 10.6 Å². The van der Waals surface area contributed by atoms with Crippen molar-refractivity contribution >= 4 is 18.5 Å². The van der Waals surface area contributed by atoms with E-state index in [1.807, 2.05) is 21.7 Å². The van der Waals surface area contributed by atoms with Gasteiger partial charge in [0.05, 0.1) is 0 Å². The van der Waals surface area contributed by atoms with Crippen molar-refractivity contribution in [1.82, 2.24) is 0 Å².